The number of unbranched alkanes of at least 4 members (excludes halogenated alkanes) is 9. The second-order valence-corrected chi connectivity index (χ2v) is 5.00. The van der Waals surface area contributed by atoms with Crippen LogP contribution in [-0.4, -0.2) is 13.0 Å². The molecule has 0 aliphatic carbocycles. The van der Waals surface area contributed by atoms with Crippen LogP contribution in [-0.2, 0) is 4.79 Å². The van der Waals surface area contributed by atoms with Crippen molar-refractivity contribution in [3.8, 4) is 0 Å². The summed E-state index contributed by atoms with van der Waals surface area (Å²) < 4.78 is 0. The third-order valence-corrected chi connectivity index (χ3v) is 3.18. The Labute approximate surface area is 119 Å². The molecular formula is C17H31NO. The molecule has 0 saturated heterocycles. The van der Waals surface area contributed by atoms with Gasteiger partial charge in [0, 0.05) is 6.54 Å². The highest BCUT2D eigenvalue weighted by Crippen LogP contribution is 2.10. The lowest BCUT2D eigenvalue weighted by Gasteiger charge is -2.00. The van der Waals surface area contributed by atoms with Crippen LogP contribution < -0.4 is 5.32 Å². The minimum absolute atomic E-state index is 0.617. The first kappa shape index (κ1) is 17.9. The van der Waals surface area contributed by atoms with E-state index >= 15 is 0 Å². The van der Waals surface area contributed by atoms with Crippen LogP contribution in [0.4, 0.5) is 0 Å². The topological polar surface area (TPSA) is 29.1 Å². The maximum Gasteiger partial charge on any atom is 0.207 e. The van der Waals surface area contributed by atoms with Gasteiger partial charge in [-0.2, -0.15) is 0 Å². The Bertz CT molecular complexity index is 233. The van der Waals surface area contributed by atoms with Crippen LogP contribution in [0.25, 0.3) is 0 Å². The van der Waals surface area contributed by atoms with Crippen LogP contribution in [0.15, 0.2) is 24.3 Å². The van der Waals surface area contributed by atoms with Crippen molar-refractivity contribution in [2.24, 2.45) is 0 Å². The molecule has 0 heterocycles. The van der Waals surface area contributed by atoms with E-state index in [0.29, 0.717) is 6.54 Å². The monoisotopic (exact) mass is 265 g/mol. The fourth-order valence-corrected chi connectivity index (χ4v) is 2.01. The van der Waals surface area contributed by atoms with Gasteiger partial charge in [0.1, 0.15) is 0 Å². The summed E-state index contributed by atoms with van der Waals surface area (Å²) in [5.41, 5.74) is 0. The second-order valence-electron chi connectivity index (χ2n) is 5.00. The normalized spacial score (nSPS) is 11.4. The lowest BCUT2D eigenvalue weighted by Crippen LogP contribution is -2.08. The summed E-state index contributed by atoms with van der Waals surface area (Å²) in [6.45, 7) is 2.88. The lowest BCUT2D eigenvalue weighted by molar-refractivity contribution is -0.109. The van der Waals surface area contributed by atoms with Crippen molar-refractivity contribution >= 4 is 6.41 Å². The molecule has 110 valence electrons. The molecule has 0 unspecified atom stereocenters. The first-order valence-electron chi connectivity index (χ1n) is 7.90. The Hall–Kier alpha value is -1.05. The Morgan fingerprint density at radius 1 is 0.789 bits per heavy atom. The Morgan fingerprint density at radius 3 is 2.00 bits per heavy atom. The Kier molecular flexibility index (Phi) is 16.0. The molecule has 0 saturated carbocycles. The average molecular weight is 265 g/mol. The molecule has 0 aromatic carbocycles. The largest absolute Gasteiger partial charge is 0.355 e. The van der Waals surface area contributed by atoms with Crippen LogP contribution in [0.3, 0.4) is 0 Å². The van der Waals surface area contributed by atoms with E-state index in [2.05, 4.69) is 24.4 Å². The van der Waals surface area contributed by atoms with E-state index in [1.165, 1.54) is 64.2 Å². The molecule has 2 heteroatoms. The van der Waals surface area contributed by atoms with E-state index in [0.717, 1.165) is 6.41 Å². The minimum Gasteiger partial charge on any atom is -0.355 e. The van der Waals surface area contributed by atoms with Gasteiger partial charge in [0.25, 0.3) is 0 Å². The number of amides is 1. The summed E-state index contributed by atoms with van der Waals surface area (Å²) in [5, 5.41) is 2.59. The van der Waals surface area contributed by atoms with Crippen molar-refractivity contribution in [3.05, 3.63) is 24.3 Å². The fourth-order valence-electron chi connectivity index (χ4n) is 2.01. The maximum absolute atomic E-state index is 9.98. The fraction of sp³-hybridized carbons (Fsp3) is 0.706. The Balaban J connectivity index is 3.11. The predicted molar refractivity (Wildman–Crippen MR) is 84.2 cm³/mol. The van der Waals surface area contributed by atoms with Crippen LogP contribution in [0.1, 0.15) is 71.1 Å². The third-order valence-electron chi connectivity index (χ3n) is 3.18. The van der Waals surface area contributed by atoms with Gasteiger partial charge in [-0.25, -0.2) is 0 Å². The summed E-state index contributed by atoms with van der Waals surface area (Å²) in [7, 11) is 0. The SMILES string of the molecule is CCCCCCCCCCC/C=C/C=C/CNC=O. The summed E-state index contributed by atoms with van der Waals surface area (Å²) in [4.78, 5) is 9.98. The third kappa shape index (κ3) is 16.9. The molecule has 0 bridgehead atoms. The lowest BCUT2D eigenvalue weighted by atomic mass is 10.1. The minimum atomic E-state index is 0.617. The number of nitrogens with one attached hydrogen (secondary N) is 1. The average Bonchev–Trinajstić information content (AvgIpc) is 2.43. The number of rotatable bonds is 14. The van der Waals surface area contributed by atoms with Crippen molar-refractivity contribution in [3.63, 3.8) is 0 Å². The van der Waals surface area contributed by atoms with Gasteiger partial charge in [0.05, 0.1) is 0 Å². The van der Waals surface area contributed by atoms with Crippen LogP contribution in [0.2, 0.25) is 0 Å². The van der Waals surface area contributed by atoms with E-state index in [9.17, 15) is 4.79 Å². The molecule has 2 nitrogen and oxygen atoms in total. The summed E-state index contributed by atoms with van der Waals surface area (Å²) in [5.74, 6) is 0. The molecule has 1 N–H and O–H groups in total. The molecule has 0 aliphatic rings. The maximum atomic E-state index is 9.98. The van der Waals surface area contributed by atoms with Gasteiger partial charge in [-0.05, 0) is 12.8 Å². The van der Waals surface area contributed by atoms with Crippen molar-refractivity contribution in [1.29, 1.82) is 0 Å². The van der Waals surface area contributed by atoms with E-state index < -0.39 is 0 Å². The smallest absolute Gasteiger partial charge is 0.207 e. The second kappa shape index (κ2) is 16.9. The quantitative estimate of drug-likeness (QED) is 0.274. The van der Waals surface area contributed by atoms with Crippen molar-refractivity contribution in [2.75, 3.05) is 6.54 Å². The molecule has 1 amide bonds. The number of carbonyl (C=O) groups is 1. The van der Waals surface area contributed by atoms with Gasteiger partial charge < -0.3 is 5.32 Å². The van der Waals surface area contributed by atoms with E-state index in [-0.39, 0.29) is 0 Å². The standard InChI is InChI=1S/C17H31NO/c1-2-3-4-5-6-7-8-9-10-11-12-13-14-15-16-18-17-19/h12-15,17H,2-11,16H2,1H3,(H,18,19)/b13-12+,15-14+. The zero-order valence-electron chi connectivity index (χ0n) is 12.6. The molecule has 0 rings (SSSR count). The van der Waals surface area contributed by atoms with Gasteiger partial charge in [-0.15, -0.1) is 0 Å². The zero-order chi connectivity index (χ0) is 14.0. The highest BCUT2D eigenvalue weighted by molar-refractivity contribution is 5.46. The van der Waals surface area contributed by atoms with Crippen molar-refractivity contribution < 1.29 is 4.79 Å². The molecule has 0 aromatic rings. The van der Waals surface area contributed by atoms with Gasteiger partial charge >= 0.3 is 0 Å². The van der Waals surface area contributed by atoms with Crippen molar-refractivity contribution in [1.82, 2.24) is 5.32 Å². The molecule has 0 aliphatic heterocycles. The number of hydrogen-bond acceptors (Lipinski definition) is 1. The molecule has 19 heavy (non-hydrogen) atoms. The summed E-state index contributed by atoms with van der Waals surface area (Å²) in [6, 6.07) is 0. The predicted octanol–water partition coefficient (Wildman–Crippen LogP) is 4.77. The number of carbonyl (C=O) groups excluding carboxylic acids is 1. The first-order valence-corrected chi connectivity index (χ1v) is 7.90. The van der Waals surface area contributed by atoms with Crippen LogP contribution >= 0.6 is 0 Å². The van der Waals surface area contributed by atoms with Crippen LogP contribution in [0.5, 0.6) is 0 Å². The van der Waals surface area contributed by atoms with Gasteiger partial charge in [-0.1, -0.05) is 82.6 Å². The van der Waals surface area contributed by atoms with E-state index in [1.54, 1.807) is 0 Å². The van der Waals surface area contributed by atoms with Crippen molar-refractivity contribution in [2.45, 2.75) is 71.1 Å². The molecule has 0 atom stereocenters. The van der Waals surface area contributed by atoms with E-state index in [1.807, 2.05) is 12.2 Å². The van der Waals surface area contributed by atoms with E-state index in [4.69, 9.17) is 0 Å². The summed E-state index contributed by atoms with van der Waals surface area (Å²) >= 11 is 0. The number of allylic oxidation sites excluding steroid dienone is 3. The Morgan fingerprint density at radius 2 is 1.37 bits per heavy atom. The van der Waals surface area contributed by atoms with Gasteiger partial charge in [0.15, 0.2) is 0 Å². The molecule has 0 fully saturated rings. The zero-order valence-corrected chi connectivity index (χ0v) is 12.6. The molecular weight excluding hydrogens is 234 g/mol. The van der Waals surface area contributed by atoms with Crippen LogP contribution in [0, 0.1) is 0 Å². The molecule has 0 radical (unpaired) electrons. The number of hydrogen-bond donors (Lipinski definition) is 1. The molecule has 0 spiro atoms. The van der Waals surface area contributed by atoms with Gasteiger partial charge in [-0.3, -0.25) is 4.79 Å². The molecule has 0 aromatic heterocycles. The van der Waals surface area contributed by atoms with Gasteiger partial charge in [0.2, 0.25) is 6.41 Å². The first-order chi connectivity index (χ1) is 9.41. The highest BCUT2D eigenvalue weighted by Gasteiger charge is 1.90. The summed E-state index contributed by atoms with van der Waals surface area (Å²) in [6.07, 6.45) is 22.6. The highest BCUT2D eigenvalue weighted by atomic mass is 16.1.